The molecule has 8 nitrogen and oxygen atoms in total. The van der Waals surface area contributed by atoms with E-state index in [1.54, 1.807) is 34.0 Å². The number of nitrogens with zero attached hydrogens (tertiary/aromatic N) is 4. The Hall–Kier alpha value is -4.18. The number of fused-ring (bicyclic) bond motifs is 1. The van der Waals surface area contributed by atoms with Crippen LogP contribution >= 0.6 is 0 Å². The van der Waals surface area contributed by atoms with Crippen molar-refractivity contribution in [1.29, 1.82) is 0 Å². The number of amides is 4. The summed E-state index contributed by atoms with van der Waals surface area (Å²) in [6.07, 6.45) is -0.706. The van der Waals surface area contributed by atoms with E-state index < -0.39 is 18.2 Å². The molecule has 2 atom stereocenters. The molecule has 0 aromatic heterocycles. The number of hydrogen-bond donors (Lipinski definition) is 1. The maximum atomic E-state index is 13.9. The fraction of sp³-hybridized carbons (Fsp3) is 0.250. The van der Waals surface area contributed by atoms with Crippen molar-refractivity contribution in [3.05, 3.63) is 101 Å². The minimum Gasteiger partial charge on any atom is -0.333 e. The van der Waals surface area contributed by atoms with E-state index in [2.05, 4.69) is 5.32 Å². The third kappa shape index (κ3) is 5.12. The Labute approximate surface area is 222 Å². The summed E-state index contributed by atoms with van der Waals surface area (Å²) >= 11 is 0. The average Bonchev–Trinajstić information content (AvgIpc) is 2.90. The Morgan fingerprint density at radius 1 is 1.00 bits per heavy atom. The van der Waals surface area contributed by atoms with Gasteiger partial charge in [0.25, 0.3) is 5.91 Å². The molecule has 1 N–H and O–H groups in total. The molecule has 0 saturated carbocycles. The number of carbonyl (C=O) groups excluding carboxylic acids is 3. The quantitative estimate of drug-likeness (QED) is 0.524. The highest BCUT2D eigenvalue weighted by Gasteiger charge is 2.51. The molecule has 2 heterocycles. The number of carbonyl (C=O) groups is 3. The van der Waals surface area contributed by atoms with Crippen molar-refractivity contribution >= 4 is 31.2 Å². The Bertz CT molecular complexity index is 1340. The summed E-state index contributed by atoms with van der Waals surface area (Å²) < 4.78 is 13.3. The molecule has 0 radical (unpaired) electrons. The molecule has 2 saturated heterocycles. The standard InChI is InChI=1S/C28H29BFN5O3/c1-32-18-25(36)34-24(35(32)28(38)31-15-19-10-12-23(30)13-11-19)17-33(16-20-6-5-9-22(29)14-20)27(37)26(34)21-7-3-2-4-8-21/h2-14,24,26H,15-18,29H2,1H3,(H,31,38)/t24-,26-/m0/s1. The van der Waals surface area contributed by atoms with Crippen LogP contribution in [-0.2, 0) is 22.7 Å². The first-order chi connectivity index (χ1) is 18.3. The summed E-state index contributed by atoms with van der Waals surface area (Å²) in [4.78, 5) is 44.0. The summed E-state index contributed by atoms with van der Waals surface area (Å²) in [5.74, 6) is -0.756. The lowest BCUT2D eigenvalue weighted by Crippen LogP contribution is -2.73. The maximum Gasteiger partial charge on any atom is 0.334 e. The van der Waals surface area contributed by atoms with E-state index in [0.29, 0.717) is 12.1 Å². The van der Waals surface area contributed by atoms with E-state index >= 15 is 0 Å². The van der Waals surface area contributed by atoms with Crippen LogP contribution in [0.4, 0.5) is 9.18 Å². The summed E-state index contributed by atoms with van der Waals surface area (Å²) in [7, 11) is 3.68. The topological polar surface area (TPSA) is 76.2 Å². The van der Waals surface area contributed by atoms with Crippen LogP contribution < -0.4 is 10.8 Å². The molecule has 194 valence electrons. The highest BCUT2D eigenvalue weighted by atomic mass is 19.1. The van der Waals surface area contributed by atoms with Gasteiger partial charge in [0.2, 0.25) is 5.91 Å². The van der Waals surface area contributed by atoms with Gasteiger partial charge in [-0.1, -0.05) is 72.2 Å². The van der Waals surface area contributed by atoms with E-state index in [0.717, 1.165) is 16.6 Å². The van der Waals surface area contributed by atoms with Gasteiger partial charge in [-0.2, -0.15) is 0 Å². The molecule has 0 spiro atoms. The number of halogens is 1. The highest BCUT2D eigenvalue weighted by Crippen LogP contribution is 2.35. The Morgan fingerprint density at radius 3 is 2.45 bits per heavy atom. The predicted molar refractivity (Wildman–Crippen MR) is 143 cm³/mol. The van der Waals surface area contributed by atoms with Gasteiger partial charge in [0.05, 0.1) is 13.1 Å². The molecule has 4 amide bonds. The lowest BCUT2D eigenvalue weighted by atomic mass is 9.94. The molecule has 38 heavy (non-hydrogen) atoms. The third-order valence-electron chi connectivity index (χ3n) is 6.97. The van der Waals surface area contributed by atoms with Crippen LogP contribution in [0.3, 0.4) is 0 Å². The van der Waals surface area contributed by atoms with Gasteiger partial charge in [-0.3, -0.25) is 9.59 Å². The van der Waals surface area contributed by atoms with E-state index in [-0.39, 0.29) is 37.3 Å². The van der Waals surface area contributed by atoms with Gasteiger partial charge in [-0.05, 0) is 28.8 Å². The minimum atomic E-state index is -0.853. The van der Waals surface area contributed by atoms with Crippen molar-refractivity contribution in [2.24, 2.45) is 0 Å². The molecule has 3 aromatic carbocycles. The largest absolute Gasteiger partial charge is 0.334 e. The van der Waals surface area contributed by atoms with Crippen molar-refractivity contribution in [2.45, 2.75) is 25.3 Å². The van der Waals surface area contributed by atoms with Gasteiger partial charge >= 0.3 is 6.03 Å². The fourth-order valence-corrected chi connectivity index (χ4v) is 5.19. The molecule has 3 aromatic rings. The smallest absolute Gasteiger partial charge is 0.333 e. The van der Waals surface area contributed by atoms with E-state index in [1.807, 2.05) is 62.4 Å². The van der Waals surface area contributed by atoms with Crippen LogP contribution in [0.5, 0.6) is 0 Å². The van der Waals surface area contributed by atoms with Crippen LogP contribution in [0, 0.1) is 5.82 Å². The van der Waals surface area contributed by atoms with E-state index in [9.17, 15) is 18.8 Å². The van der Waals surface area contributed by atoms with Crippen molar-refractivity contribution in [3.63, 3.8) is 0 Å². The zero-order chi connectivity index (χ0) is 26.8. The first kappa shape index (κ1) is 25.5. The molecular formula is C28H29BFN5O3. The second-order valence-electron chi connectivity index (χ2n) is 9.75. The summed E-state index contributed by atoms with van der Waals surface area (Å²) in [6, 6.07) is 21.8. The molecule has 2 aliphatic rings. The molecule has 10 heteroatoms. The highest BCUT2D eigenvalue weighted by molar-refractivity contribution is 6.32. The van der Waals surface area contributed by atoms with Crippen molar-refractivity contribution in [1.82, 2.24) is 25.1 Å². The third-order valence-corrected chi connectivity index (χ3v) is 6.97. The van der Waals surface area contributed by atoms with Crippen LogP contribution in [0.25, 0.3) is 0 Å². The molecule has 0 bridgehead atoms. The van der Waals surface area contributed by atoms with Gasteiger partial charge in [-0.25, -0.2) is 19.2 Å². The van der Waals surface area contributed by atoms with Crippen molar-refractivity contribution < 1.29 is 18.8 Å². The van der Waals surface area contributed by atoms with Crippen LogP contribution in [0.1, 0.15) is 22.7 Å². The first-order valence-electron chi connectivity index (χ1n) is 12.5. The van der Waals surface area contributed by atoms with Gasteiger partial charge in [0, 0.05) is 20.1 Å². The zero-order valence-corrected chi connectivity index (χ0v) is 21.4. The van der Waals surface area contributed by atoms with Crippen molar-refractivity contribution in [2.75, 3.05) is 20.1 Å². The van der Waals surface area contributed by atoms with Crippen molar-refractivity contribution in [3.8, 4) is 0 Å². The molecule has 5 rings (SSSR count). The Kier molecular flexibility index (Phi) is 7.15. The zero-order valence-electron chi connectivity index (χ0n) is 21.4. The number of benzene rings is 3. The molecular weight excluding hydrogens is 484 g/mol. The number of urea groups is 1. The second kappa shape index (κ2) is 10.7. The molecule has 0 aliphatic carbocycles. The molecule has 2 aliphatic heterocycles. The summed E-state index contributed by atoms with van der Waals surface area (Å²) in [5.41, 5.74) is 3.50. The summed E-state index contributed by atoms with van der Waals surface area (Å²) in [6.45, 7) is 0.667. The first-order valence-corrected chi connectivity index (χ1v) is 12.5. The maximum absolute atomic E-state index is 13.9. The number of rotatable bonds is 5. The number of likely N-dealkylation sites (N-methyl/N-ethyl adjacent to an activating group) is 1. The van der Waals surface area contributed by atoms with E-state index in [1.165, 1.54) is 17.1 Å². The normalized spacial score (nSPS) is 19.9. The van der Waals surface area contributed by atoms with Gasteiger partial charge < -0.3 is 15.1 Å². The Morgan fingerprint density at radius 2 is 1.74 bits per heavy atom. The number of nitrogens with one attached hydrogen (secondary N) is 1. The summed E-state index contributed by atoms with van der Waals surface area (Å²) in [5, 5.41) is 5.99. The van der Waals surface area contributed by atoms with Gasteiger partial charge in [0.15, 0.2) is 0 Å². The monoisotopic (exact) mass is 513 g/mol. The minimum absolute atomic E-state index is 0.0467. The van der Waals surface area contributed by atoms with Gasteiger partial charge in [0.1, 0.15) is 25.9 Å². The number of hydrogen-bond acceptors (Lipinski definition) is 4. The van der Waals surface area contributed by atoms with Crippen LogP contribution in [0.15, 0.2) is 78.9 Å². The molecule has 2 fully saturated rings. The lowest BCUT2D eigenvalue weighted by Gasteiger charge is -2.54. The predicted octanol–water partition coefficient (Wildman–Crippen LogP) is 1.39. The van der Waals surface area contributed by atoms with Crippen LogP contribution in [-0.4, -0.2) is 71.8 Å². The average molecular weight is 513 g/mol. The lowest BCUT2D eigenvalue weighted by molar-refractivity contribution is -0.188. The number of hydrazine groups is 1. The van der Waals surface area contributed by atoms with E-state index in [4.69, 9.17) is 0 Å². The second-order valence-corrected chi connectivity index (χ2v) is 9.75. The molecule has 0 unspecified atom stereocenters. The van der Waals surface area contributed by atoms with Crippen LogP contribution in [0.2, 0.25) is 0 Å². The SMILES string of the molecule is Bc1cccc(CN2C[C@H]3N(C(=O)CN(C)N3C(=O)NCc3ccc(F)cc3)[C@@H](c3ccccc3)C2=O)c1. The fourth-order valence-electron chi connectivity index (χ4n) is 5.19. The Balaban J connectivity index is 1.47. The van der Waals surface area contributed by atoms with Gasteiger partial charge in [-0.15, -0.1) is 0 Å². The number of piperazine rings is 1.